The van der Waals surface area contributed by atoms with Crippen molar-refractivity contribution in [2.75, 3.05) is 31.9 Å². The lowest BCUT2D eigenvalue weighted by Crippen LogP contribution is -2.71. The maximum absolute atomic E-state index is 13.1. The molecule has 6 nitrogen and oxygen atoms in total. The molecule has 140 valence electrons. The van der Waals surface area contributed by atoms with Gasteiger partial charge in [-0.1, -0.05) is 37.3 Å². The van der Waals surface area contributed by atoms with Crippen LogP contribution in [0.3, 0.4) is 0 Å². The van der Waals surface area contributed by atoms with Crippen LogP contribution in [0, 0.1) is 5.92 Å². The lowest BCUT2D eigenvalue weighted by molar-refractivity contribution is -0.149. The van der Waals surface area contributed by atoms with Crippen molar-refractivity contribution in [3.8, 4) is 0 Å². The SMILES string of the molecule is CC(=O)N1CC2(C1)C(C(=O)N1CC(C)(c3ccccc3)C1)CCS2(=O)=O. The summed E-state index contributed by atoms with van der Waals surface area (Å²) in [6.45, 7) is 5.10. The van der Waals surface area contributed by atoms with Gasteiger partial charge >= 0.3 is 0 Å². The first-order chi connectivity index (χ1) is 12.2. The van der Waals surface area contributed by atoms with Gasteiger partial charge in [-0.05, 0) is 12.0 Å². The number of sulfone groups is 1. The molecule has 0 aliphatic carbocycles. The van der Waals surface area contributed by atoms with E-state index in [1.807, 2.05) is 18.2 Å². The Balaban J connectivity index is 1.50. The second-order valence-corrected chi connectivity index (χ2v) is 10.7. The molecule has 0 saturated carbocycles. The molecule has 0 bridgehead atoms. The van der Waals surface area contributed by atoms with Crippen molar-refractivity contribution < 1.29 is 18.0 Å². The van der Waals surface area contributed by atoms with Gasteiger partial charge in [-0.3, -0.25) is 9.59 Å². The highest BCUT2D eigenvalue weighted by atomic mass is 32.2. The summed E-state index contributed by atoms with van der Waals surface area (Å²) in [5, 5.41) is 0. The van der Waals surface area contributed by atoms with Crippen molar-refractivity contribution in [3.63, 3.8) is 0 Å². The summed E-state index contributed by atoms with van der Waals surface area (Å²) in [5.41, 5.74) is 1.12. The van der Waals surface area contributed by atoms with Crippen molar-refractivity contribution in [2.45, 2.75) is 30.4 Å². The molecule has 7 heteroatoms. The number of amides is 2. The monoisotopic (exact) mass is 376 g/mol. The van der Waals surface area contributed by atoms with E-state index in [9.17, 15) is 18.0 Å². The van der Waals surface area contributed by atoms with Gasteiger partial charge in [0.05, 0.1) is 11.7 Å². The first-order valence-corrected chi connectivity index (χ1v) is 10.7. The molecule has 1 aromatic carbocycles. The number of carbonyl (C=O) groups is 2. The second kappa shape index (κ2) is 5.55. The van der Waals surface area contributed by atoms with Crippen LogP contribution < -0.4 is 0 Å². The van der Waals surface area contributed by atoms with E-state index in [0.717, 1.165) is 0 Å². The molecule has 0 radical (unpaired) electrons. The van der Waals surface area contributed by atoms with E-state index >= 15 is 0 Å². The maximum Gasteiger partial charge on any atom is 0.227 e. The van der Waals surface area contributed by atoms with Gasteiger partial charge in [0.2, 0.25) is 11.8 Å². The van der Waals surface area contributed by atoms with Crippen LogP contribution in [0.1, 0.15) is 25.8 Å². The standard InChI is InChI=1S/C19H24N2O4S/c1-14(22)20-12-19(13-20)16(8-9-26(19,24)25)17(23)21-10-18(2,11-21)15-6-4-3-5-7-15/h3-7,16H,8-13H2,1-2H3. The fourth-order valence-electron chi connectivity index (χ4n) is 4.74. The van der Waals surface area contributed by atoms with E-state index in [4.69, 9.17) is 0 Å². The van der Waals surface area contributed by atoms with E-state index in [1.165, 1.54) is 17.4 Å². The van der Waals surface area contributed by atoms with Crippen LogP contribution in [0.15, 0.2) is 30.3 Å². The fraction of sp³-hybridized carbons (Fsp3) is 0.579. The van der Waals surface area contributed by atoms with Gasteiger partial charge in [0, 0.05) is 38.5 Å². The number of nitrogens with zero attached hydrogens (tertiary/aromatic N) is 2. The smallest absolute Gasteiger partial charge is 0.227 e. The lowest BCUT2D eigenvalue weighted by Gasteiger charge is -2.53. The van der Waals surface area contributed by atoms with E-state index in [2.05, 4.69) is 19.1 Å². The van der Waals surface area contributed by atoms with Crippen LogP contribution >= 0.6 is 0 Å². The van der Waals surface area contributed by atoms with Crippen LogP contribution in [0.4, 0.5) is 0 Å². The van der Waals surface area contributed by atoms with Crippen LogP contribution in [-0.2, 0) is 24.8 Å². The molecule has 26 heavy (non-hydrogen) atoms. The van der Waals surface area contributed by atoms with Gasteiger partial charge in [0.15, 0.2) is 9.84 Å². The highest BCUT2D eigenvalue weighted by molar-refractivity contribution is 7.93. The predicted molar refractivity (Wildman–Crippen MR) is 97.3 cm³/mol. The number of likely N-dealkylation sites (tertiary alicyclic amines) is 2. The highest BCUT2D eigenvalue weighted by Gasteiger charge is 2.65. The average molecular weight is 376 g/mol. The van der Waals surface area contributed by atoms with Crippen molar-refractivity contribution in [2.24, 2.45) is 5.92 Å². The predicted octanol–water partition coefficient (Wildman–Crippen LogP) is 0.822. The van der Waals surface area contributed by atoms with Crippen LogP contribution in [0.5, 0.6) is 0 Å². The first-order valence-electron chi connectivity index (χ1n) is 9.01. The topological polar surface area (TPSA) is 74.8 Å². The van der Waals surface area contributed by atoms with Crippen molar-refractivity contribution in [1.82, 2.24) is 9.80 Å². The van der Waals surface area contributed by atoms with Gasteiger partial charge < -0.3 is 9.80 Å². The molecular formula is C19H24N2O4S. The Hall–Kier alpha value is -1.89. The molecule has 0 N–H and O–H groups in total. The Kier molecular flexibility index (Phi) is 3.74. The van der Waals surface area contributed by atoms with Crippen LogP contribution in [0.2, 0.25) is 0 Å². The van der Waals surface area contributed by atoms with Gasteiger partial charge in [-0.15, -0.1) is 0 Å². The van der Waals surface area contributed by atoms with Gasteiger partial charge in [-0.2, -0.15) is 0 Å². The summed E-state index contributed by atoms with van der Waals surface area (Å²) < 4.78 is 24.2. The summed E-state index contributed by atoms with van der Waals surface area (Å²) in [6, 6.07) is 10.1. The molecule has 3 aliphatic rings. The largest absolute Gasteiger partial charge is 0.341 e. The number of hydrogen-bond donors (Lipinski definition) is 0. The Morgan fingerprint density at radius 1 is 1.04 bits per heavy atom. The average Bonchev–Trinajstić information content (AvgIpc) is 2.81. The summed E-state index contributed by atoms with van der Waals surface area (Å²) in [4.78, 5) is 27.9. The minimum Gasteiger partial charge on any atom is -0.341 e. The lowest BCUT2D eigenvalue weighted by atomic mass is 9.73. The van der Waals surface area contributed by atoms with Crippen molar-refractivity contribution >= 4 is 21.7 Å². The Bertz CT molecular complexity index is 853. The van der Waals surface area contributed by atoms with Gasteiger partial charge in [0.1, 0.15) is 4.75 Å². The molecule has 1 aromatic rings. The quantitative estimate of drug-likeness (QED) is 0.766. The van der Waals surface area contributed by atoms with Crippen LogP contribution in [-0.4, -0.2) is 66.7 Å². The maximum atomic E-state index is 13.1. The normalized spacial score (nSPS) is 27.7. The zero-order valence-electron chi connectivity index (χ0n) is 15.1. The third-order valence-electron chi connectivity index (χ3n) is 6.45. The van der Waals surface area contributed by atoms with E-state index in [0.29, 0.717) is 19.5 Å². The summed E-state index contributed by atoms with van der Waals surface area (Å²) in [5.74, 6) is -0.686. The molecule has 1 unspecified atom stereocenters. The number of hydrogen-bond acceptors (Lipinski definition) is 4. The molecule has 3 saturated heterocycles. The van der Waals surface area contributed by atoms with E-state index in [-0.39, 0.29) is 36.1 Å². The third-order valence-corrected chi connectivity index (χ3v) is 9.01. The molecule has 2 amide bonds. The molecule has 0 aromatic heterocycles. The molecule has 3 fully saturated rings. The molecule has 1 atom stereocenters. The van der Waals surface area contributed by atoms with Gasteiger partial charge in [-0.25, -0.2) is 8.42 Å². The Morgan fingerprint density at radius 3 is 2.23 bits per heavy atom. The van der Waals surface area contributed by atoms with Crippen molar-refractivity contribution in [1.29, 1.82) is 0 Å². The Labute approximate surface area is 154 Å². The third kappa shape index (κ3) is 2.32. The van der Waals surface area contributed by atoms with Gasteiger partial charge in [0.25, 0.3) is 0 Å². The minimum absolute atomic E-state index is 0.0406. The zero-order chi connectivity index (χ0) is 18.7. The highest BCUT2D eigenvalue weighted by Crippen LogP contribution is 2.47. The van der Waals surface area contributed by atoms with E-state index in [1.54, 1.807) is 4.90 Å². The van der Waals surface area contributed by atoms with Crippen molar-refractivity contribution in [3.05, 3.63) is 35.9 Å². The van der Waals surface area contributed by atoms with Crippen LogP contribution in [0.25, 0.3) is 0 Å². The fourth-order valence-corrected chi connectivity index (χ4v) is 7.05. The summed E-state index contributed by atoms with van der Waals surface area (Å²) in [6.07, 6.45) is 0.367. The molecule has 4 rings (SSSR count). The number of rotatable bonds is 2. The number of carbonyl (C=O) groups excluding carboxylic acids is 2. The van der Waals surface area contributed by atoms with E-state index < -0.39 is 20.5 Å². The number of benzene rings is 1. The summed E-state index contributed by atoms with van der Waals surface area (Å²) in [7, 11) is -3.35. The zero-order valence-corrected chi connectivity index (χ0v) is 16.0. The molecule has 1 spiro atoms. The molecular weight excluding hydrogens is 352 g/mol. The Morgan fingerprint density at radius 2 is 1.65 bits per heavy atom. The molecule has 3 aliphatic heterocycles. The first kappa shape index (κ1) is 17.5. The second-order valence-electron chi connectivity index (χ2n) is 8.22. The minimum atomic E-state index is -3.35. The molecule has 3 heterocycles. The summed E-state index contributed by atoms with van der Waals surface area (Å²) >= 11 is 0.